The first kappa shape index (κ1) is 28.5. The van der Waals surface area contributed by atoms with Crippen LogP contribution >= 0.6 is 0 Å². The van der Waals surface area contributed by atoms with Crippen LogP contribution in [-0.2, 0) is 25.7 Å². The average molecular weight is 565 g/mol. The standard InChI is InChI=1S/C25H23F4N5O6/c26-15-6-16(27)23(29)24(22(15)28)40-12-18(35)17(7-21(38)39)32-19(36)10-33-3-4-34(20(37)11-33)9-13-5-14-1-2-30-25(14)31-8-13/h1-2,5-6,8,17H,3-4,7,9-12H2,(H,30,31)(H,32,36)(H,38,39)/t17-/m0/s1. The third kappa shape index (κ3) is 6.72. The molecule has 212 valence electrons. The molecule has 1 aliphatic rings. The number of rotatable bonds is 11. The quantitative estimate of drug-likeness (QED) is 0.234. The SMILES string of the molecule is O=C(O)C[C@H](NC(=O)CN1CCN(Cc2cnc3[nH]ccc3c2)C(=O)C1)C(=O)COc1c(F)c(F)cc(F)c1F. The highest BCUT2D eigenvalue weighted by Gasteiger charge is 2.29. The van der Waals surface area contributed by atoms with E-state index in [2.05, 4.69) is 20.0 Å². The van der Waals surface area contributed by atoms with Gasteiger partial charge in [-0.2, -0.15) is 8.78 Å². The number of carboxylic acid groups (broad SMARTS) is 1. The van der Waals surface area contributed by atoms with E-state index in [4.69, 9.17) is 5.11 Å². The van der Waals surface area contributed by atoms with Crippen molar-refractivity contribution in [2.24, 2.45) is 0 Å². The molecule has 2 amide bonds. The Morgan fingerprint density at radius 1 is 1.12 bits per heavy atom. The fourth-order valence-corrected chi connectivity index (χ4v) is 4.14. The van der Waals surface area contributed by atoms with Crippen molar-refractivity contribution in [1.29, 1.82) is 0 Å². The Hall–Kier alpha value is -4.53. The van der Waals surface area contributed by atoms with Crippen molar-refractivity contribution in [1.82, 2.24) is 25.1 Å². The highest BCUT2D eigenvalue weighted by molar-refractivity contribution is 5.93. The minimum atomic E-state index is -1.88. The number of carbonyl (C=O) groups is 4. The number of carboxylic acids is 1. The van der Waals surface area contributed by atoms with E-state index in [1.807, 2.05) is 12.1 Å². The van der Waals surface area contributed by atoms with E-state index in [-0.39, 0.29) is 25.1 Å². The van der Waals surface area contributed by atoms with E-state index in [0.717, 1.165) is 16.6 Å². The van der Waals surface area contributed by atoms with Gasteiger partial charge in [-0.05, 0) is 17.7 Å². The van der Waals surface area contributed by atoms with Crippen molar-refractivity contribution in [3.8, 4) is 5.75 Å². The van der Waals surface area contributed by atoms with Crippen LogP contribution in [0.1, 0.15) is 12.0 Å². The monoisotopic (exact) mass is 565 g/mol. The number of ketones is 1. The van der Waals surface area contributed by atoms with Crippen molar-refractivity contribution >= 4 is 34.6 Å². The summed E-state index contributed by atoms with van der Waals surface area (Å²) in [7, 11) is 0. The number of H-pyrrole nitrogens is 1. The maximum atomic E-state index is 13.8. The van der Waals surface area contributed by atoms with Crippen molar-refractivity contribution in [2.75, 3.05) is 32.8 Å². The number of Topliss-reactive ketones (excluding diaryl/α,β-unsaturated/α-hetero) is 1. The number of aromatic amines is 1. The van der Waals surface area contributed by atoms with Crippen LogP contribution in [0.3, 0.4) is 0 Å². The number of aromatic nitrogens is 2. The molecule has 4 rings (SSSR count). The highest BCUT2D eigenvalue weighted by Crippen LogP contribution is 2.26. The van der Waals surface area contributed by atoms with Gasteiger partial charge in [-0.1, -0.05) is 0 Å². The number of nitrogens with one attached hydrogen (secondary N) is 2. The summed E-state index contributed by atoms with van der Waals surface area (Å²) >= 11 is 0. The molecule has 3 N–H and O–H groups in total. The third-order valence-corrected chi connectivity index (χ3v) is 6.13. The van der Waals surface area contributed by atoms with Crippen LogP contribution in [0, 0.1) is 23.3 Å². The second-order valence-corrected chi connectivity index (χ2v) is 9.06. The van der Waals surface area contributed by atoms with Gasteiger partial charge >= 0.3 is 5.97 Å². The summed E-state index contributed by atoms with van der Waals surface area (Å²) in [6.07, 6.45) is 2.51. The van der Waals surface area contributed by atoms with Crippen molar-refractivity contribution in [3.63, 3.8) is 0 Å². The number of benzene rings is 1. The normalized spacial score (nSPS) is 14.8. The Morgan fingerprint density at radius 3 is 2.52 bits per heavy atom. The van der Waals surface area contributed by atoms with Gasteiger partial charge in [0.05, 0.1) is 19.5 Å². The molecule has 15 heteroatoms. The zero-order valence-corrected chi connectivity index (χ0v) is 20.8. The number of ether oxygens (including phenoxy) is 1. The fraction of sp³-hybridized carbons (Fsp3) is 0.320. The lowest BCUT2D eigenvalue weighted by Gasteiger charge is -2.34. The minimum Gasteiger partial charge on any atom is -0.481 e. The summed E-state index contributed by atoms with van der Waals surface area (Å²) in [4.78, 5) is 59.3. The molecule has 11 nitrogen and oxygen atoms in total. The first-order chi connectivity index (χ1) is 19.0. The van der Waals surface area contributed by atoms with Crippen LogP contribution in [0.15, 0.2) is 30.6 Å². The van der Waals surface area contributed by atoms with E-state index in [0.29, 0.717) is 19.6 Å². The van der Waals surface area contributed by atoms with E-state index < -0.39 is 65.7 Å². The summed E-state index contributed by atoms with van der Waals surface area (Å²) in [5.41, 5.74) is 1.55. The number of aliphatic carboxylic acids is 1. The molecule has 0 radical (unpaired) electrons. The average Bonchev–Trinajstić information content (AvgIpc) is 3.36. The Balaban J connectivity index is 1.31. The molecule has 0 unspecified atom stereocenters. The molecule has 1 aliphatic heterocycles. The zero-order chi connectivity index (χ0) is 29.0. The number of pyridine rings is 1. The lowest BCUT2D eigenvalue weighted by molar-refractivity contribution is -0.140. The van der Waals surface area contributed by atoms with Crippen LogP contribution in [0.25, 0.3) is 11.0 Å². The van der Waals surface area contributed by atoms with Crippen LogP contribution in [0.2, 0.25) is 0 Å². The molecule has 1 saturated heterocycles. The topological polar surface area (TPSA) is 145 Å². The summed E-state index contributed by atoms with van der Waals surface area (Å²) < 4.78 is 58.9. The number of hydrogen-bond donors (Lipinski definition) is 3. The Labute approximate surface area is 223 Å². The molecule has 1 atom stereocenters. The maximum absolute atomic E-state index is 13.8. The molecule has 0 aliphatic carbocycles. The Kier molecular flexibility index (Phi) is 8.62. The molecule has 0 spiro atoms. The van der Waals surface area contributed by atoms with Crippen molar-refractivity contribution < 1.29 is 46.6 Å². The highest BCUT2D eigenvalue weighted by atomic mass is 19.2. The Bertz CT molecular complexity index is 1440. The van der Waals surface area contributed by atoms with Gasteiger partial charge in [0, 0.05) is 43.5 Å². The first-order valence-corrected chi connectivity index (χ1v) is 11.9. The van der Waals surface area contributed by atoms with Gasteiger partial charge in [-0.15, -0.1) is 0 Å². The number of fused-ring (bicyclic) bond motifs is 1. The van der Waals surface area contributed by atoms with Crippen LogP contribution in [0.5, 0.6) is 5.75 Å². The molecule has 2 aromatic heterocycles. The smallest absolute Gasteiger partial charge is 0.305 e. The number of piperazine rings is 1. The molecular formula is C25H23F4N5O6. The van der Waals surface area contributed by atoms with Gasteiger partial charge in [0.15, 0.2) is 23.2 Å². The lowest BCUT2D eigenvalue weighted by Crippen LogP contribution is -2.54. The first-order valence-electron chi connectivity index (χ1n) is 11.9. The van der Waals surface area contributed by atoms with E-state index in [1.165, 1.54) is 4.90 Å². The minimum absolute atomic E-state index is 0.0448. The number of nitrogens with zero attached hydrogens (tertiary/aromatic N) is 3. The maximum Gasteiger partial charge on any atom is 0.305 e. The van der Waals surface area contributed by atoms with Gasteiger partial charge in [-0.3, -0.25) is 24.1 Å². The molecule has 1 fully saturated rings. The molecule has 3 heterocycles. The molecule has 3 aromatic rings. The van der Waals surface area contributed by atoms with Gasteiger partial charge in [0.2, 0.25) is 23.4 Å². The van der Waals surface area contributed by atoms with Gasteiger partial charge in [0.25, 0.3) is 0 Å². The molecule has 0 saturated carbocycles. The third-order valence-electron chi connectivity index (χ3n) is 6.13. The zero-order valence-electron chi connectivity index (χ0n) is 20.8. The van der Waals surface area contributed by atoms with Crippen LogP contribution < -0.4 is 10.1 Å². The predicted octanol–water partition coefficient (Wildman–Crippen LogP) is 1.37. The summed E-state index contributed by atoms with van der Waals surface area (Å²) in [6, 6.07) is 2.04. The van der Waals surface area contributed by atoms with E-state index in [1.54, 1.807) is 17.3 Å². The van der Waals surface area contributed by atoms with Gasteiger partial charge < -0.3 is 25.0 Å². The van der Waals surface area contributed by atoms with Gasteiger partial charge in [0.1, 0.15) is 18.3 Å². The summed E-state index contributed by atoms with van der Waals surface area (Å²) in [5, 5.41) is 12.2. The van der Waals surface area contributed by atoms with Crippen molar-refractivity contribution in [2.45, 2.75) is 19.0 Å². The fourth-order valence-electron chi connectivity index (χ4n) is 4.14. The second kappa shape index (κ2) is 12.1. The molecule has 40 heavy (non-hydrogen) atoms. The number of halogens is 4. The van der Waals surface area contributed by atoms with Gasteiger partial charge in [-0.25, -0.2) is 13.8 Å². The molecule has 1 aromatic carbocycles. The van der Waals surface area contributed by atoms with Crippen LogP contribution in [-0.4, -0.2) is 87.3 Å². The summed E-state index contributed by atoms with van der Waals surface area (Å²) in [6.45, 7) is -0.724. The largest absolute Gasteiger partial charge is 0.481 e. The van der Waals surface area contributed by atoms with E-state index in [9.17, 15) is 36.7 Å². The number of hydrogen-bond acceptors (Lipinski definition) is 7. The number of amides is 2. The van der Waals surface area contributed by atoms with Crippen LogP contribution in [0.4, 0.5) is 17.6 Å². The van der Waals surface area contributed by atoms with Crippen molar-refractivity contribution in [3.05, 3.63) is 59.4 Å². The predicted molar refractivity (Wildman–Crippen MR) is 129 cm³/mol. The lowest BCUT2D eigenvalue weighted by atomic mass is 10.1. The summed E-state index contributed by atoms with van der Waals surface area (Å²) in [5.74, 6) is -12.4. The molecular weight excluding hydrogens is 542 g/mol. The molecule has 0 bridgehead atoms. The second-order valence-electron chi connectivity index (χ2n) is 9.06. The Morgan fingerprint density at radius 2 is 1.85 bits per heavy atom. The van der Waals surface area contributed by atoms with E-state index >= 15 is 0 Å². The number of carbonyl (C=O) groups excluding carboxylic acids is 3.